The first-order valence-electron chi connectivity index (χ1n) is 7.09. The van der Waals surface area contributed by atoms with Crippen LogP contribution in [0, 0.1) is 0 Å². The zero-order valence-corrected chi connectivity index (χ0v) is 12.2. The first-order valence-corrected chi connectivity index (χ1v) is 7.09. The van der Waals surface area contributed by atoms with E-state index >= 15 is 0 Å². The fraction of sp³-hybridized carbons (Fsp3) is 0.625. The molecule has 0 bridgehead atoms. The summed E-state index contributed by atoms with van der Waals surface area (Å²) < 4.78 is 0. The lowest BCUT2D eigenvalue weighted by Crippen LogP contribution is -2.44. The monoisotopic (exact) mass is 246 g/mol. The van der Waals surface area contributed by atoms with E-state index in [2.05, 4.69) is 62.2 Å². The Kier molecular flexibility index (Phi) is 3.96. The minimum absolute atomic E-state index is 0.215. The maximum Gasteiger partial charge on any atom is 0.0366 e. The van der Waals surface area contributed by atoms with Gasteiger partial charge >= 0.3 is 0 Å². The SMILES string of the molecule is CCc1ccc(N2CC[C@@H](NC(C)(C)C)C2)cc1. The van der Waals surface area contributed by atoms with Crippen LogP contribution >= 0.6 is 0 Å². The number of hydrogen-bond acceptors (Lipinski definition) is 2. The Balaban J connectivity index is 1.95. The quantitative estimate of drug-likeness (QED) is 0.881. The summed E-state index contributed by atoms with van der Waals surface area (Å²) in [5.41, 5.74) is 3.00. The summed E-state index contributed by atoms with van der Waals surface area (Å²) in [4.78, 5) is 2.49. The number of aryl methyl sites for hydroxylation is 1. The molecule has 0 spiro atoms. The van der Waals surface area contributed by atoms with Crippen molar-refractivity contribution in [3.8, 4) is 0 Å². The number of rotatable bonds is 3. The van der Waals surface area contributed by atoms with Gasteiger partial charge in [0.25, 0.3) is 0 Å². The Labute approximate surface area is 111 Å². The summed E-state index contributed by atoms with van der Waals surface area (Å²) >= 11 is 0. The van der Waals surface area contributed by atoms with Crippen LogP contribution in [0.15, 0.2) is 24.3 Å². The third kappa shape index (κ3) is 3.49. The fourth-order valence-electron chi connectivity index (χ4n) is 2.67. The van der Waals surface area contributed by atoms with Crippen LogP contribution in [0.25, 0.3) is 0 Å². The molecule has 1 fully saturated rings. The van der Waals surface area contributed by atoms with Gasteiger partial charge in [-0.15, -0.1) is 0 Å². The first kappa shape index (κ1) is 13.4. The average Bonchev–Trinajstić information content (AvgIpc) is 2.75. The summed E-state index contributed by atoms with van der Waals surface area (Å²) in [5.74, 6) is 0. The van der Waals surface area contributed by atoms with Crippen molar-refractivity contribution < 1.29 is 0 Å². The van der Waals surface area contributed by atoms with Gasteiger partial charge in [0, 0.05) is 30.4 Å². The van der Waals surface area contributed by atoms with Crippen LogP contribution in [-0.4, -0.2) is 24.7 Å². The minimum Gasteiger partial charge on any atom is -0.370 e. The Hall–Kier alpha value is -1.02. The molecule has 2 nitrogen and oxygen atoms in total. The Bertz CT molecular complexity index is 375. The van der Waals surface area contributed by atoms with Crippen molar-refractivity contribution in [2.45, 2.75) is 52.1 Å². The average molecular weight is 246 g/mol. The van der Waals surface area contributed by atoms with Gasteiger partial charge in [0.05, 0.1) is 0 Å². The van der Waals surface area contributed by atoms with Crippen molar-refractivity contribution in [1.82, 2.24) is 5.32 Å². The van der Waals surface area contributed by atoms with Crippen LogP contribution in [-0.2, 0) is 6.42 Å². The lowest BCUT2D eigenvalue weighted by atomic mass is 10.1. The number of hydrogen-bond donors (Lipinski definition) is 1. The second kappa shape index (κ2) is 5.31. The molecular formula is C16H26N2. The van der Waals surface area contributed by atoms with E-state index in [1.54, 1.807) is 0 Å². The molecule has 1 heterocycles. The predicted molar refractivity (Wildman–Crippen MR) is 79.3 cm³/mol. The summed E-state index contributed by atoms with van der Waals surface area (Å²) in [6, 6.07) is 9.65. The van der Waals surface area contributed by atoms with Crippen LogP contribution in [0.3, 0.4) is 0 Å². The van der Waals surface area contributed by atoms with E-state index in [1.807, 2.05) is 0 Å². The molecule has 0 radical (unpaired) electrons. The van der Waals surface area contributed by atoms with Crippen LogP contribution in [0.1, 0.15) is 39.7 Å². The maximum atomic E-state index is 3.70. The van der Waals surface area contributed by atoms with Gasteiger partial charge in [-0.1, -0.05) is 19.1 Å². The van der Waals surface area contributed by atoms with Gasteiger partial charge in [-0.25, -0.2) is 0 Å². The van der Waals surface area contributed by atoms with Gasteiger partial charge in [-0.2, -0.15) is 0 Å². The summed E-state index contributed by atoms with van der Waals surface area (Å²) in [5, 5.41) is 3.70. The van der Waals surface area contributed by atoms with E-state index < -0.39 is 0 Å². The first-order chi connectivity index (χ1) is 8.48. The molecule has 0 amide bonds. The van der Waals surface area contributed by atoms with E-state index in [4.69, 9.17) is 0 Å². The van der Waals surface area contributed by atoms with Gasteiger partial charge in [0.1, 0.15) is 0 Å². The topological polar surface area (TPSA) is 15.3 Å². The zero-order chi connectivity index (χ0) is 13.2. The molecule has 1 aliphatic heterocycles. The van der Waals surface area contributed by atoms with Crippen LogP contribution in [0.2, 0.25) is 0 Å². The molecule has 18 heavy (non-hydrogen) atoms. The lowest BCUT2D eigenvalue weighted by Gasteiger charge is -2.26. The van der Waals surface area contributed by atoms with Crippen molar-refractivity contribution in [3.63, 3.8) is 0 Å². The van der Waals surface area contributed by atoms with Crippen molar-refractivity contribution in [2.75, 3.05) is 18.0 Å². The molecule has 1 atom stereocenters. The molecule has 0 aromatic heterocycles. The Morgan fingerprint density at radius 2 is 1.89 bits per heavy atom. The van der Waals surface area contributed by atoms with Crippen LogP contribution in [0.5, 0.6) is 0 Å². The minimum atomic E-state index is 0.215. The highest BCUT2D eigenvalue weighted by Gasteiger charge is 2.25. The van der Waals surface area contributed by atoms with Gasteiger partial charge in [-0.05, 0) is 51.3 Å². The van der Waals surface area contributed by atoms with Crippen molar-refractivity contribution in [3.05, 3.63) is 29.8 Å². The number of benzene rings is 1. The highest BCUT2D eigenvalue weighted by Crippen LogP contribution is 2.22. The largest absolute Gasteiger partial charge is 0.370 e. The fourth-order valence-corrected chi connectivity index (χ4v) is 2.67. The van der Waals surface area contributed by atoms with E-state index in [9.17, 15) is 0 Å². The van der Waals surface area contributed by atoms with Crippen molar-refractivity contribution in [2.24, 2.45) is 0 Å². The van der Waals surface area contributed by atoms with Gasteiger partial charge in [0.2, 0.25) is 0 Å². The molecule has 0 saturated carbocycles. The van der Waals surface area contributed by atoms with Crippen LogP contribution in [0.4, 0.5) is 5.69 Å². The molecule has 0 unspecified atom stereocenters. The van der Waals surface area contributed by atoms with Gasteiger partial charge in [0.15, 0.2) is 0 Å². The van der Waals surface area contributed by atoms with E-state index in [0.29, 0.717) is 6.04 Å². The maximum absolute atomic E-state index is 3.70. The third-order valence-electron chi connectivity index (χ3n) is 3.54. The molecule has 0 aliphatic carbocycles. The van der Waals surface area contributed by atoms with Gasteiger partial charge < -0.3 is 10.2 Å². The van der Waals surface area contributed by atoms with E-state index in [0.717, 1.165) is 13.0 Å². The summed E-state index contributed by atoms with van der Waals surface area (Å²) in [7, 11) is 0. The Morgan fingerprint density at radius 3 is 2.44 bits per heavy atom. The lowest BCUT2D eigenvalue weighted by molar-refractivity contribution is 0.373. The molecule has 1 saturated heterocycles. The van der Waals surface area contributed by atoms with Crippen molar-refractivity contribution in [1.29, 1.82) is 0 Å². The molecule has 1 N–H and O–H groups in total. The standard InChI is InChI=1S/C16H26N2/c1-5-13-6-8-15(9-7-13)18-11-10-14(12-18)17-16(2,3)4/h6-9,14,17H,5,10-12H2,1-4H3/t14-/m1/s1. The van der Waals surface area contributed by atoms with Crippen LogP contribution < -0.4 is 10.2 Å². The van der Waals surface area contributed by atoms with E-state index in [-0.39, 0.29) is 5.54 Å². The number of nitrogens with one attached hydrogen (secondary N) is 1. The smallest absolute Gasteiger partial charge is 0.0366 e. The third-order valence-corrected chi connectivity index (χ3v) is 3.54. The molecule has 2 heteroatoms. The second-order valence-electron chi connectivity index (χ2n) is 6.35. The van der Waals surface area contributed by atoms with Gasteiger partial charge in [-0.3, -0.25) is 0 Å². The molecule has 1 aromatic carbocycles. The molecule has 1 aliphatic rings. The highest BCUT2D eigenvalue weighted by molar-refractivity contribution is 5.48. The van der Waals surface area contributed by atoms with E-state index in [1.165, 1.54) is 24.2 Å². The summed E-state index contributed by atoms with van der Waals surface area (Å²) in [6.45, 7) is 11.2. The van der Waals surface area contributed by atoms with Crippen molar-refractivity contribution >= 4 is 5.69 Å². The Morgan fingerprint density at radius 1 is 1.22 bits per heavy atom. The molecule has 2 rings (SSSR count). The summed E-state index contributed by atoms with van der Waals surface area (Å²) in [6.07, 6.45) is 2.36. The zero-order valence-electron chi connectivity index (χ0n) is 12.2. The predicted octanol–water partition coefficient (Wildman–Crippen LogP) is 3.22. The highest BCUT2D eigenvalue weighted by atomic mass is 15.2. The second-order valence-corrected chi connectivity index (χ2v) is 6.35. The number of nitrogens with zero attached hydrogens (tertiary/aromatic N) is 1. The number of anilines is 1. The normalized spacial score (nSPS) is 20.4. The molecule has 1 aromatic rings. The molecular weight excluding hydrogens is 220 g/mol. The molecule has 100 valence electrons.